The second-order valence-corrected chi connectivity index (χ2v) is 27.3. The Morgan fingerprint density at radius 3 is 0.767 bits per heavy atom. The van der Waals surface area contributed by atoms with E-state index >= 15 is 19.2 Å². The first-order valence-electron chi connectivity index (χ1n) is 40.0. The van der Waals surface area contributed by atoms with E-state index in [9.17, 15) is 0 Å². The van der Waals surface area contributed by atoms with E-state index in [-0.39, 0.29) is 55.5 Å². The van der Waals surface area contributed by atoms with Crippen LogP contribution in [-0.2, 0) is 19.2 Å². The topological polar surface area (TPSA) is 122 Å². The number of imide groups is 1. The highest BCUT2D eigenvalue weighted by atomic mass is 16.2. The number of nitrogens with one attached hydrogen (secondary N) is 2. The molecule has 0 atom stereocenters. The molecule has 0 aromatic carbocycles. The normalized spacial score (nSPS) is 12.1. The number of nitrogens with zero attached hydrogens (tertiary/aromatic N) is 1. The fourth-order valence-electron chi connectivity index (χ4n) is 12.7. The van der Waals surface area contributed by atoms with Crippen molar-refractivity contribution in [3.8, 4) is 0 Å². The molecule has 0 aromatic heterocycles. The monoisotopic (exact) mass is 1260 g/mol. The van der Waals surface area contributed by atoms with Crippen LogP contribution in [0.3, 0.4) is 0 Å². The Labute approximate surface area is 560 Å². The van der Waals surface area contributed by atoms with Crippen molar-refractivity contribution in [2.24, 2.45) is 5.73 Å². The van der Waals surface area contributed by atoms with E-state index in [1.165, 1.54) is 185 Å². The van der Waals surface area contributed by atoms with Gasteiger partial charge in [0.15, 0.2) is 17.1 Å². The van der Waals surface area contributed by atoms with Crippen LogP contribution in [0.25, 0.3) is 0 Å². The van der Waals surface area contributed by atoms with Gasteiger partial charge in [-0.3, -0.25) is 24.1 Å². The van der Waals surface area contributed by atoms with Crippen molar-refractivity contribution in [1.82, 2.24) is 15.5 Å². The third kappa shape index (κ3) is 55.7. The molecule has 0 saturated heterocycles. The van der Waals surface area contributed by atoms with Gasteiger partial charge in [0.25, 0.3) is 0 Å². The van der Waals surface area contributed by atoms with Gasteiger partial charge in [0.2, 0.25) is 11.8 Å². The van der Waals surface area contributed by atoms with Gasteiger partial charge in [-0.1, -0.05) is 282 Å². The zero-order valence-corrected chi connectivity index (χ0v) is 60.7. The number of unbranched alkanes of at least 4 members (excludes halogenated alkanes) is 45. The summed E-state index contributed by atoms with van der Waals surface area (Å²) in [6.07, 6.45) is 82.9. The molecule has 526 valence electrons. The van der Waals surface area contributed by atoms with Gasteiger partial charge in [0.05, 0.1) is 0 Å². The maximum atomic E-state index is 15.5. The van der Waals surface area contributed by atoms with Crippen LogP contribution in [0.15, 0.2) is 48.6 Å². The van der Waals surface area contributed by atoms with Gasteiger partial charge in [-0.15, -0.1) is 0 Å². The quantitative estimate of drug-likeness (QED) is 0.0315. The Balaban J connectivity index is 6.49. The summed E-state index contributed by atoms with van der Waals surface area (Å²) in [7, 11) is 0. The average molecular weight is 1260 g/mol. The summed E-state index contributed by atoms with van der Waals surface area (Å²) < 4.78 is 0. The number of carbonyl (C=O) groups is 4. The average Bonchev–Trinajstić information content (AvgIpc) is 0.795. The highest BCUT2D eigenvalue weighted by Gasteiger charge is 2.53. The summed E-state index contributed by atoms with van der Waals surface area (Å²) in [5, 5.41) is 7.09. The molecule has 90 heavy (non-hydrogen) atoms. The third-order valence-corrected chi connectivity index (χ3v) is 18.6. The van der Waals surface area contributed by atoms with Crippen molar-refractivity contribution < 1.29 is 19.2 Å². The van der Waals surface area contributed by atoms with E-state index in [1.807, 2.05) is 0 Å². The molecule has 0 rings (SSSR count). The number of hydrogen-bond donors (Lipinski definition) is 3. The molecule has 0 saturated carbocycles. The minimum Gasteiger partial charge on any atom is -0.330 e. The van der Waals surface area contributed by atoms with E-state index < -0.39 is 5.54 Å². The van der Waals surface area contributed by atoms with Gasteiger partial charge in [0, 0.05) is 25.7 Å². The first-order chi connectivity index (χ1) is 44.4. The predicted molar refractivity (Wildman–Crippen MR) is 396 cm³/mol. The van der Waals surface area contributed by atoms with E-state index in [4.69, 9.17) is 5.73 Å². The number of nitrogens with two attached hydrogens (primary N) is 1. The lowest BCUT2D eigenvalue weighted by molar-refractivity contribution is -0.164. The molecule has 0 bridgehead atoms. The van der Waals surface area contributed by atoms with Crippen LogP contribution in [0.4, 0.5) is 0 Å². The molecule has 8 heteroatoms. The van der Waals surface area contributed by atoms with Crippen molar-refractivity contribution in [2.75, 3.05) is 32.7 Å². The highest BCUT2D eigenvalue weighted by Crippen LogP contribution is 2.32. The van der Waals surface area contributed by atoms with Crippen LogP contribution >= 0.6 is 0 Å². The number of allylic oxidation sites excluding steroid dienone is 8. The Hall–Kier alpha value is -2.68. The number of Topliss-reactive ketones (excluding diaryl/α,β-unsaturated/α-hetero) is 2. The number of carbonyl (C=O) groups excluding carboxylic acids is 4. The summed E-state index contributed by atoms with van der Waals surface area (Å²) in [6, 6.07) is 0. The Kier molecular flexibility index (Phi) is 70.0. The summed E-state index contributed by atoms with van der Waals surface area (Å²) in [5.41, 5.74) is 3.93. The maximum Gasteiger partial charge on any atom is 0.230 e. The van der Waals surface area contributed by atoms with Gasteiger partial charge in [0.1, 0.15) is 0 Å². The molecule has 0 heterocycles. The van der Waals surface area contributed by atoms with Crippen LogP contribution in [0.2, 0.25) is 0 Å². The fourth-order valence-corrected chi connectivity index (χ4v) is 12.7. The molecular formula is C82H154N4O4. The second-order valence-electron chi connectivity index (χ2n) is 27.3. The SMILES string of the molecule is CCCCCCCC/C=C\CCCCCCCC(=O)N(C(=O)CCCCCCC/C=C\CCCCCCCC)C(CCNCCCCNCCCN)(C(=O)CCCCCCC/C=C\CCCCCCCC)C(=O)CCCCCCC/C=C\CCCCCCCC. The van der Waals surface area contributed by atoms with Crippen molar-refractivity contribution >= 4 is 23.4 Å². The summed E-state index contributed by atoms with van der Waals surface area (Å²) in [6.45, 7) is 12.7. The van der Waals surface area contributed by atoms with Gasteiger partial charge in [-0.25, -0.2) is 0 Å². The molecule has 0 aliphatic heterocycles. The van der Waals surface area contributed by atoms with Crippen LogP contribution in [0.5, 0.6) is 0 Å². The van der Waals surface area contributed by atoms with Crippen LogP contribution in [0.1, 0.15) is 413 Å². The third-order valence-electron chi connectivity index (χ3n) is 18.6. The van der Waals surface area contributed by atoms with Crippen molar-refractivity contribution in [1.29, 1.82) is 0 Å². The van der Waals surface area contributed by atoms with E-state index in [0.29, 0.717) is 38.8 Å². The van der Waals surface area contributed by atoms with Crippen LogP contribution < -0.4 is 16.4 Å². The van der Waals surface area contributed by atoms with Crippen molar-refractivity contribution in [3.05, 3.63) is 48.6 Å². The molecule has 0 aliphatic rings. The van der Waals surface area contributed by atoms with E-state index in [0.717, 1.165) is 167 Å². The van der Waals surface area contributed by atoms with Gasteiger partial charge in [-0.2, -0.15) is 0 Å². The van der Waals surface area contributed by atoms with Crippen molar-refractivity contribution in [3.63, 3.8) is 0 Å². The predicted octanol–water partition coefficient (Wildman–Crippen LogP) is 24.1. The Morgan fingerprint density at radius 1 is 0.278 bits per heavy atom. The summed E-state index contributed by atoms with van der Waals surface area (Å²) in [5.74, 6) is -1.05. The molecule has 0 aromatic rings. The number of amides is 2. The molecular weight excluding hydrogens is 1100 g/mol. The lowest BCUT2D eigenvalue weighted by Gasteiger charge is -2.41. The zero-order valence-electron chi connectivity index (χ0n) is 60.7. The van der Waals surface area contributed by atoms with Crippen LogP contribution in [-0.4, -0.2) is 66.5 Å². The molecule has 0 aliphatic carbocycles. The van der Waals surface area contributed by atoms with Gasteiger partial charge >= 0.3 is 0 Å². The minimum absolute atomic E-state index is 0.145. The van der Waals surface area contributed by atoms with E-state index in [1.54, 1.807) is 0 Å². The standard InChI is InChI=1S/C82H154N4O4/c1-5-9-13-17-21-25-29-33-37-41-45-49-53-57-61-68-78(87)82(72-77-85-75-66-65-74-84-76-67-73-83,79(88)69-62-58-54-50-46-42-38-34-30-26-22-18-14-10-6-2)86(80(89)70-63-59-55-51-47-43-39-35-31-27-23-19-15-11-7-3)81(90)71-64-60-56-52-48-44-40-36-32-28-24-20-16-12-8-4/h33-40,84-85H,5-32,41-77,83H2,1-4H3/b37-33-,38-34-,39-35-,40-36-. The lowest BCUT2D eigenvalue weighted by atomic mass is 9.78. The molecule has 0 spiro atoms. The minimum atomic E-state index is -1.80. The van der Waals surface area contributed by atoms with E-state index in [2.05, 4.69) is 86.9 Å². The molecule has 2 amide bonds. The maximum absolute atomic E-state index is 15.5. The zero-order chi connectivity index (χ0) is 65.4. The number of rotatable bonds is 74. The van der Waals surface area contributed by atoms with Crippen molar-refractivity contribution in [2.45, 2.75) is 418 Å². The first-order valence-corrected chi connectivity index (χ1v) is 40.0. The van der Waals surface area contributed by atoms with Crippen LogP contribution in [0, 0.1) is 0 Å². The molecule has 4 N–H and O–H groups in total. The molecule has 8 nitrogen and oxygen atoms in total. The van der Waals surface area contributed by atoms with Gasteiger partial charge in [-0.05, 0) is 187 Å². The molecule has 0 radical (unpaired) electrons. The Bertz CT molecular complexity index is 1570. The number of hydrogen-bond acceptors (Lipinski definition) is 7. The summed E-state index contributed by atoms with van der Waals surface area (Å²) in [4.78, 5) is 62.8. The Morgan fingerprint density at radius 2 is 0.500 bits per heavy atom. The van der Waals surface area contributed by atoms with Gasteiger partial charge < -0.3 is 16.4 Å². The first kappa shape index (κ1) is 87.3. The number of ketones is 2. The summed E-state index contributed by atoms with van der Waals surface area (Å²) >= 11 is 0. The lowest BCUT2D eigenvalue weighted by Crippen LogP contribution is -2.65. The largest absolute Gasteiger partial charge is 0.330 e. The highest BCUT2D eigenvalue weighted by molar-refractivity contribution is 6.17. The smallest absolute Gasteiger partial charge is 0.230 e. The fraction of sp³-hybridized carbons (Fsp3) is 0.854. The second kappa shape index (κ2) is 72.2. The molecule has 0 fully saturated rings. The molecule has 0 unspecified atom stereocenters.